The molecular formula is C26H30N8O6. The van der Waals surface area contributed by atoms with Crippen LogP contribution in [0.5, 0.6) is 0 Å². The van der Waals surface area contributed by atoms with Gasteiger partial charge < -0.3 is 47.3 Å². The standard InChI is InChI=1S/C26H30N8O6/c27-22-32-20-18(31-23(28)34-13-10-25(38,39)26(20,34)33-22)14-40-24(37)30-12-11-29-21(36)17-8-6-16(7-9-17)19(35)15-4-2-1-3-5-15/h1-9,18,20,38-39H,10-14H2,(H2,28,31)(H,29,36)(H,30,37)(H3,27,32,33)/t18-,20-,26-/m0/s1. The molecular weight excluding hydrogens is 520 g/mol. The van der Waals surface area contributed by atoms with Crippen LogP contribution in [-0.2, 0) is 4.74 Å². The number of rotatable bonds is 8. The van der Waals surface area contributed by atoms with Crippen LogP contribution < -0.4 is 27.4 Å². The fourth-order valence-electron chi connectivity index (χ4n) is 5.24. The third kappa shape index (κ3) is 4.78. The van der Waals surface area contributed by atoms with Crippen LogP contribution >= 0.6 is 0 Å². The van der Waals surface area contributed by atoms with Gasteiger partial charge in [-0.15, -0.1) is 0 Å². The largest absolute Gasteiger partial charge is 0.447 e. The average Bonchev–Trinajstić information content (AvgIpc) is 3.45. The van der Waals surface area contributed by atoms with Crippen LogP contribution in [0.15, 0.2) is 64.6 Å². The Morgan fingerprint density at radius 3 is 2.35 bits per heavy atom. The molecule has 1 fully saturated rings. The van der Waals surface area contributed by atoms with Crippen molar-refractivity contribution < 1.29 is 29.3 Å². The molecule has 210 valence electrons. The van der Waals surface area contributed by atoms with Crippen molar-refractivity contribution in [1.82, 2.24) is 20.9 Å². The smallest absolute Gasteiger partial charge is 0.407 e. The van der Waals surface area contributed by atoms with Gasteiger partial charge in [-0.1, -0.05) is 42.5 Å². The highest BCUT2D eigenvalue weighted by molar-refractivity contribution is 6.09. The first-order valence-electron chi connectivity index (χ1n) is 12.7. The van der Waals surface area contributed by atoms with E-state index in [2.05, 4.69) is 25.9 Å². The lowest BCUT2D eigenvalue weighted by Gasteiger charge is -2.48. The molecule has 14 nitrogen and oxygen atoms in total. The minimum Gasteiger partial charge on any atom is -0.447 e. The Labute approximate surface area is 229 Å². The molecule has 0 unspecified atom stereocenters. The highest BCUT2D eigenvalue weighted by Gasteiger charge is 2.69. The van der Waals surface area contributed by atoms with Crippen molar-refractivity contribution in [2.45, 2.75) is 30.0 Å². The molecule has 0 aliphatic carbocycles. The van der Waals surface area contributed by atoms with E-state index in [0.717, 1.165) is 0 Å². The zero-order chi connectivity index (χ0) is 28.5. The number of aliphatic hydroxyl groups is 2. The molecule has 0 radical (unpaired) electrons. The van der Waals surface area contributed by atoms with Crippen LogP contribution in [0.25, 0.3) is 0 Å². The number of ketones is 1. The molecule has 0 aromatic heterocycles. The van der Waals surface area contributed by atoms with E-state index >= 15 is 0 Å². The van der Waals surface area contributed by atoms with Crippen LogP contribution in [0.4, 0.5) is 4.79 Å². The quantitative estimate of drug-likeness (QED) is 0.114. The molecule has 1 spiro atoms. The molecule has 0 bridgehead atoms. The number of nitrogens with two attached hydrogens (primary N) is 2. The van der Waals surface area contributed by atoms with Crippen LogP contribution in [-0.4, -0.2) is 94.6 Å². The van der Waals surface area contributed by atoms with Gasteiger partial charge in [0.1, 0.15) is 18.7 Å². The Bertz CT molecular complexity index is 1360. The molecule has 3 atom stereocenters. The average molecular weight is 551 g/mol. The Morgan fingerprint density at radius 2 is 1.62 bits per heavy atom. The first kappa shape index (κ1) is 26.9. The molecule has 40 heavy (non-hydrogen) atoms. The fourth-order valence-corrected chi connectivity index (χ4v) is 5.24. The number of amides is 2. The van der Waals surface area contributed by atoms with E-state index in [-0.39, 0.29) is 56.3 Å². The topological polar surface area (TPSA) is 217 Å². The van der Waals surface area contributed by atoms with E-state index < -0.39 is 29.6 Å². The Morgan fingerprint density at radius 1 is 0.975 bits per heavy atom. The van der Waals surface area contributed by atoms with Crippen molar-refractivity contribution >= 4 is 29.7 Å². The lowest BCUT2D eigenvalue weighted by molar-refractivity contribution is -0.221. The van der Waals surface area contributed by atoms with Crippen LogP contribution in [0.1, 0.15) is 32.7 Å². The minimum atomic E-state index is -2.20. The van der Waals surface area contributed by atoms with Gasteiger partial charge in [-0.2, -0.15) is 0 Å². The zero-order valence-electron chi connectivity index (χ0n) is 21.4. The summed E-state index contributed by atoms with van der Waals surface area (Å²) in [7, 11) is 0. The molecule has 3 heterocycles. The zero-order valence-corrected chi connectivity index (χ0v) is 21.4. The lowest BCUT2D eigenvalue weighted by atomic mass is 9.87. The molecule has 3 aliphatic heterocycles. The van der Waals surface area contributed by atoms with E-state index in [0.29, 0.717) is 16.7 Å². The number of hydrogen-bond donors (Lipinski definition) is 7. The molecule has 3 aliphatic rings. The number of nitrogens with one attached hydrogen (secondary N) is 3. The highest BCUT2D eigenvalue weighted by Crippen LogP contribution is 2.44. The third-order valence-corrected chi connectivity index (χ3v) is 7.19. The van der Waals surface area contributed by atoms with Crippen LogP contribution in [0.2, 0.25) is 0 Å². The Balaban J connectivity index is 1.08. The maximum atomic E-state index is 12.5. The minimum absolute atomic E-state index is 0.00287. The molecule has 9 N–H and O–H groups in total. The van der Waals surface area contributed by atoms with Gasteiger partial charge in [-0.25, -0.2) is 14.8 Å². The number of carbonyl (C=O) groups is 3. The van der Waals surface area contributed by atoms with E-state index in [1.54, 1.807) is 48.5 Å². The van der Waals surface area contributed by atoms with Gasteiger partial charge in [-0.3, -0.25) is 9.59 Å². The molecule has 2 aromatic rings. The normalized spacial score (nSPS) is 24.1. The predicted octanol–water partition coefficient (Wildman–Crippen LogP) is -1.56. The van der Waals surface area contributed by atoms with Crippen molar-refractivity contribution in [3.8, 4) is 0 Å². The first-order chi connectivity index (χ1) is 19.1. The number of hydrogen-bond acceptors (Lipinski definition) is 12. The van der Waals surface area contributed by atoms with Crippen LogP contribution in [0.3, 0.4) is 0 Å². The molecule has 0 saturated carbocycles. The van der Waals surface area contributed by atoms with Gasteiger partial charge in [0.05, 0.1) is 0 Å². The second-order valence-corrected chi connectivity index (χ2v) is 9.68. The molecule has 1 saturated heterocycles. The summed E-state index contributed by atoms with van der Waals surface area (Å²) in [5.41, 5.74) is 11.8. The maximum absolute atomic E-state index is 12.5. The number of alkyl carbamates (subject to hydrolysis) is 1. The van der Waals surface area contributed by atoms with E-state index in [4.69, 9.17) is 16.2 Å². The van der Waals surface area contributed by atoms with Crippen molar-refractivity contribution in [2.24, 2.45) is 21.5 Å². The first-order valence-corrected chi connectivity index (χ1v) is 12.7. The Hall–Kier alpha value is -4.69. The summed E-state index contributed by atoms with van der Waals surface area (Å²) in [4.78, 5) is 47.3. The third-order valence-electron chi connectivity index (χ3n) is 7.19. The summed E-state index contributed by atoms with van der Waals surface area (Å²) in [5.74, 6) is -2.66. The van der Waals surface area contributed by atoms with Crippen molar-refractivity contribution in [3.63, 3.8) is 0 Å². The van der Waals surface area contributed by atoms with E-state index in [1.165, 1.54) is 4.90 Å². The van der Waals surface area contributed by atoms with Gasteiger partial charge in [0.25, 0.3) is 5.91 Å². The number of ether oxygens (including phenoxy) is 1. The number of carbonyl (C=O) groups excluding carboxylic acids is 3. The molecule has 2 amide bonds. The number of nitrogens with zero attached hydrogens (tertiary/aromatic N) is 3. The maximum Gasteiger partial charge on any atom is 0.407 e. The number of guanidine groups is 2. The van der Waals surface area contributed by atoms with Crippen molar-refractivity contribution in [3.05, 3.63) is 71.3 Å². The molecule has 2 aromatic carbocycles. The van der Waals surface area contributed by atoms with Crippen molar-refractivity contribution in [1.29, 1.82) is 0 Å². The number of aliphatic imine (C=N–C) groups is 2. The van der Waals surface area contributed by atoms with Gasteiger partial charge >= 0.3 is 6.09 Å². The van der Waals surface area contributed by atoms with E-state index in [9.17, 15) is 24.6 Å². The fraction of sp³-hybridized carbons (Fsp3) is 0.346. The molecule has 5 rings (SSSR count). The van der Waals surface area contributed by atoms with E-state index in [1.807, 2.05) is 6.07 Å². The summed E-state index contributed by atoms with van der Waals surface area (Å²) >= 11 is 0. The monoisotopic (exact) mass is 550 g/mol. The SMILES string of the molecule is NC1=N[C@H]2[C@H](COC(=O)NCCNC(=O)c3ccc(C(=O)c4ccccc4)cc3)N=C(N)N3CCC(O)(O)[C@]23N1. The summed E-state index contributed by atoms with van der Waals surface area (Å²) in [5, 5.41) is 29.4. The Kier molecular flexibility index (Phi) is 7.04. The lowest BCUT2D eigenvalue weighted by Crippen LogP contribution is -2.76. The van der Waals surface area contributed by atoms with Gasteiger partial charge in [-0.05, 0) is 12.1 Å². The number of benzene rings is 2. The van der Waals surface area contributed by atoms with Gasteiger partial charge in [0.2, 0.25) is 5.79 Å². The second-order valence-electron chi connectivity index (χ2n) is 9.68. The van der Waals surface area contributed by atoms with Gasteiger partial charge in [0, 0.05) is 42.7 Å². The van der Waals surface area contributed by atoms with Crippen LogP contribution in [0, 0.1) is 0 Å². The molecule has 14 heteroatoms. The predicted molar refractivity (Wildman–Crippen MR) is 143 cm³/mol. The van der Waals surface area contributed by atoms with Crippen molar-refractivity contribution in [2.75, 3.05) is 26.2 Å². The second kappa shape index (κ2) is 10.5. The summed E-state index contributed by atoms with van der Waals surface area (Å²) in [6, 6.07) is 13.5. The highest BCUT2D eigenvalue weighted by atomic mass is 16.5. The van der Waals surface area contributed by atoms with Gasteiger partial charge in [0.15, 0.2) is 23.4 Å². The summed E-state index contributed by atoms with van der Waals surface area (Å²) < 4.78 is 5.27. The summed E-state index contributed by atoms with van der Waals surface area (Å²) in [6.07, 6.45) is -0.775. The summed E-state index contributed by atoms with van der Waals surface area (Å²) in [6.45, 7) is 0.178.